The molecular formula is C15H15NO4. The van der Waals surface area contributed by atoms with E-state index in [4.69, 9.17) is 4.74 Å². The van der Waals surface area contributed by atoms with Gasteiger partial charge in [0.1, 0.15) is 17.2 Å². The van der Waals surface area contributed by atoms with Crippen LogP contribution < -0.4 is 10.1 Å². The maximum atomic E-state index is 11.9. The lowest BCUT2D eigenvalue weighted by Crippen LogP contribution is -2.22. The molecule has 0 radical (unpaired) electrons. The number of aromatic hydroxyl groups is 2. The van der Waals surface area contributed by atoms with Crippen molar-refractivity contribution in [2.24, 2.45) is 0 Å². The van der Waals surface area contributed by atoms with Gasteiger partial charge < -0.3 is 20.3 Å². The number of para-hydroxylation sites is 1. The summed E-state index contributed by atoms with van der Waals surface area (Å²) in [5.41, 5.74) is 1.03. The summed E-state index contributed by atoms with van der Waals surface area (Å²) in [4.78, 5) is 11.9. The molecule has 0 aliphatic rings. The Labute approximate surface area is 116 Å². The lowest BCUT2D eigenvalue weighted by Gasteiger charge is -2.10. The molecule has 5 nitrogen and oxygen atoms in total. The number of nitrogens with one attached hydrogen (secondary N) is 1. The Morgan fingerprint density at radius 2 is 1.80 bits per heavy atom. The number of hydrogen-bond donors (Lipinski definition) is 3. The average Bonchev–Trinajstić information content (AvgIpc) is 2.44. The molecular weight excluding hydrogens is 258 g/mol. The third kappa shape index (κ3) is 3.20. The van der Waals surface area contributed by atoms with Crippen LogP contribution in [0.25, 0.3) is 0 Å². The zero-order valence-electron chi connectivity index (χ0n) is 11.0. The lowest BCUT2D eigenvalue weighted by molar-refractivity contribution is 0.0950. The summed E-state index contributed by atoms with van der Waals surface area (Å²) in [6.07, 6.45) is 0. The van der Waals surface area contributed by atoms with Crippen LogP contribution in [0.4, 0.5) is 0 Å². The number of phenols is 2. The Hall–Kier alpha value is -2.69. The quantitative estimate of drug-likeness (QED) is 0.796. The zero-order valence-corrected chi connectivity index (χ0v) is 11.0. The molecule has 0 spiro atoms. The van der Waals surface area contributed by atoms with Gasteiger partial charge in [0.05, 0.1) is 7.11 Å². The number of rotatable bonds is 4. The average molecular weight is 273 g/mol. The SMILES string of the molecule is COc1ccccc1CNC(=O)c1cc(O)cc(O)c1. The first-order valence-electron chi connectivity index (χ1n) is 6.03. The van der Waals surface area contributed by atoms with E-state index < -0.39 is 0 Å². The topological polar surface area (TPSA) is 78.8 Å². The van der Waals surface area contributed by atoms with E-state index in [1.165, 1.54) is 12.1 Å². The van der Waals surface area contributed by atoms with Gasteiger partial charge in [-0.3, -0.25) is 4.79 Å². The van der Waals surface area contributed by atoms with E-state index in [0.29, 0.717) is 12.3 Å². The number of hydrogen-bond acceptors (Lipinski definition) is 4. The molecule has 0 saturated heterocycles. The Bertz CT molecular complexity index is 605. The highest BCUT2D eigenvalue weighted by Gasteiger charge is 2.09. The molecule has 2 rings (SSSR count). The molecule has 0 heterocycles. The number of phenolic OH excluding ortho intramolecular Hbond substituents is 2. The monoisotopic (exact) mass is 273 g/mol. The normalized spacial score (nSPS) is 10.1. The highest BCUT2D eigenvalue weighted by Crippen LogP contribution is 2.21. The standard InChI is InChI=1S/C15H15NO4/c1-20-14-5-3-2-4-10(14)9-16-15(19)11-6-12(17)8-13(18)7-11/h2-8,17-18H,9H2,1H3,(H,16,19). The van der Waals surface area contributed by atoms with Crippen LogP contribution >= 0.6 is 0 Å². The summed E-state index contributed by atoms with van der Waals surface area (Å²) in [5, 5.41) is 21.4. The number of amides is 1. The summed E-state index contributed by atoms with van der Waals surface area (Å²) >= 11 is 0. The maximum Gasteiger partial charge on any atom is 0.251 e. The van der Waals surface area contributed by atoms with Crippen molar-refractivity contribution < 1.29 is 19.7 Å². The van der Waals surface area contributed by atoms with Gasteiger partial charge in [0.15, 0.2) is 0 Å². The molecule has 2 aromatic carbocycles. The van der Waals surface area contributed by atoms with E-state index in [2.05, 4.69) is 5.32 Å². The Morgan fingerprint density at radius 1 is 1.15 bits per heavy atom. The zero-order chi connectivity index (χ0) is 14.5. The van der Waals surface area contributed by atoms with Crippen molar-refractivity contribution >= 4 is 5.91 Å². The number of benzene rings is 2. The summed E-state index contributed by atoms with van der Waals surface area (Å²) in [6, 6.07) is 11.1. The fraction of sp³-hybridized carbons (Fsp3) is 0.133. The van der Waals surface area contributed by atoms with E-state index in [-0.39, 0.29) is 23.0 Å². The highest BCUT2D eigenvalue weighted by atomic mass is 16.5. The highest BCUT2D eigenvalue weighted by molar-refractivity contribution is 5.95. The molecule has 104 valence electrons. The van der Waals surface area contributed by atoms with Gasteiger partial charge in [-0.05, 0) is 18.2 Å². The molecule has 3 N–H and O–H groups in total. The van der Waals surface area contributed by atoms with Crippen molar-refractivity contribution in [2.45, 2.75) is 6.54 Å². The second-order valence-electron chi connectivity index (χ2n) is 4.23. The molecule has 2 aromatic rings. The number of methoxy groups -OCH3 is 1. The molecule has 0 atom stereocenters. The van der Waals surface area contributed by atoms with E-state index in [1.54, 1.807) is 7.11 Å². The van der Waals surface area contributed by atoms with E-state index in [0.717, 1.165) is 11.6 Å². The Morgan fingerprint density at radius 3 is 2.45 bits per heavy atom. The van der Waals surface area contributed by atoms with Crippen LogP contribution in [0.15, 0.2) is 42.5 Å². The summed E-state index contributed by atoms with van der Waals surface area (Å²) in [6.45, 7) is 0.291. The van der Waals surface area contributed by atoms with E-state index in [9.17, 15) is 15.0 Å². The molecule has 1 amide bonds. The minimum Gasteiger partial charge on any atom is -0.508 e. The molecule has 0 unspecified atom stereocenters. The van der Waals surface area contributed by atoms with Crippen LogP contribution in [0, 0.1) is 0 Å². The van der Waals surface area contributed by atoms with Crippen LogP contribution in [-0.4, -0.2) is 23.2 Å². The van der Waals surface area contributed by atoms with Crippen LogP contribution in [0.1, 0.15) is 15.9 Å². The smallest absolute Gasteiger partial charge is 0.251 e. The molecule has 20 heavy (non-hydrogen) atoms. The van der Waals surface area contributed by atoms with Crippen molar-refractivity contribution in [1.29, 1.82) is 0 Å². The molecule has 5 heteroatoms. The van der Waals surface area contributed by atoms with Gasteiger partial charge in [0.25, 0.3) is 5.91 Å². The van der Waals surface area contributed by atoms with Crippen molar-refractivity contribution in [3.63, 3.8) is 0 Å². The van der Waals surface area contributed by atoms with Crippen LogP contribution in [0.3, 0.4) is 0 Å². The number of carbonyl (C=O) groups is 1. The van der Waals surface area contributed by atoms with Gasteiger partial charge in [0, 0.05) is 23.7 Å². The third-order valence-corrected chi connectivity index (χ3v) is 2.80. The predicted molar refractivity (Wildman–Crippen MR) is 73.9 cm³/mol. The van der Waals surface area contributed by atoms with Gasteiger partial charge >= 0.3 is 0 Å². The fourth-order valence-corrected chi connectivity index (χ4v) is 1.85. The van der Waals surface area contributed by atoms with Crippen molar-refractivity contribution in [2.75, 3.05) is 7.11 Å². The minimum atomic E-state index is -0.387. The second-order valence-corrected chi connectivity index (χ2v) is 4.23. The number of carbonyl (C=O) groups excluding carboxylic acids is 1. The van der Waals surface area contributed by atoms with Gasteiger partial charge in [-0.1, -0.05) is 18.2 Å². The Kier molecular flexibility index (Phi) is 4.10. The van der Waals surface area contributed by atoms with Gasteiger partial charge in [-0.2, -0.15) is 0 Å². The first-order chi connectivity index (χ1) is 9.60. The molecule has 0 saturated carbocycles. The molecule has 0 aromatic heterocycles. The first-order valence-corrected chi connectivity index (χ1v) is 6.03. The Balaban J connectivity index is 2.08. The summed E-state index contributed by atoms with van der Waals surface area (Å²) in [7, 11) is 1.56. The number of ether oxygens (including phenoxy) is 1. The maximum absolute atomic E-state index is 11.9. The van der Waals surface area contributed by atoms with Gasteiger partial charge in [0.2, 0.25) is 0 Å². The molecule has 0 aliphatic heterocycles. The van der Waals surface area contributed by atoms with Crippen molar-refractivity contribution in [3.8, 4) is 17.2 Å². The van der Waals surface area contributed by atoms with E-state index in [1.807, 2.05) is 24.3 Å². The first kappa shape index (κ1) is 13.7. The van der Waals surface area contributed by atoms with Crippen LogP contribution in [-0.2, 0) is 6.54 Å². The predicted octanol–water partition coefficient (Wildman–Crippen LogP) is 2.04. The minimum absolute atomic E-state index is 0.160. The molecule has 0 aliphatic carbocycles. The van der Waals surface area contributed by atoms with Gasteiger partial charge in [-0.15, -0.1) is 0 Å². The van der Waals surface area contributed by atoms with Crippen molar-refractivity contribution in [3.05, 3.63) is 53.6 Å². The van der Waals surface area contributed by atoms with Crippen LogP contribution in [0.5, 0.6) is 17.2 Å². The van der Waals surface area contributed by atoms with E-state index >= 15 is 0 Å². The molecule has 0 bridgehead atoms. The second kappa shape index (κ2) is 5.97. The van der Waals surface area contributed by atoms with Crippen molar-refractivity contribution in [1.82, 2.24) is 5.32 Å². The largest absolute Gasteiger partial charge is 0.508 e. The van der Waals surface area contributed by atoms with Gasteiger partial charge in [-0.25, -0.2) is 0 Å². The molecule has 0 fully saturated rings. The third-order valence-electron chi connectivity index (χ3n) is 2.80. The van der Waals surface area contributed by atoms with Crippen LogP contribution in [0.2, 0.25) is 0 Å². The summed E-state index contributed by atoms with van der Waals surface area (Å²) < 4.78 is 5.19. The summed E-state index contributed by atoms with van der Waals surface area (Å²) in [5.74, 6) is -0.0199. The fourth-order valence-electron chi connectivity index (χ4n) is 1.85. The lowest BCUT2D eigenvalue weighted by atomic mass is 10.1.